The standard InChI is InChI=1S/C19H26N2O3S/c1-2-6-16-8-10-17(11-9-16)25(22,23)20-15-18(19-7-5-14-24-19)21-12-3-4-13-21/h5,7-11,14,18,20H,2-4,6,12-13,15H2,1H3. The fourth-order valence-electron chi connectivity index (χ4n) is 3.34. The second-order valence-electron chi connectivity index (χ2n) is 6.52. The molecule has 1 unspecified atom stereocenters. The van der Waals surface area contributed by atoms with Gasteiger partial charge < -0.3 is 4.42 Å². The molecule has 3 rings (SSSR count). The molecule has 25 heavy (non-hydrogen) atoms. The molecule has 0 spiro atoms. The molecular formula is C19H26N2O3S. The number of aryl methyl sites for hydroxylation is 1. The van der Waals surface area contributed by atoms with E-state index in [1.54, 1.807) is 18.4 Å². The smallest absolute Gasteiger partial charge is 0.240 e. The monoisotopic (exact) mass is 362 g/mol. The molecule has 1 atom stereocenters. The van der Waals surface area contributed by atoms with Crippen molar-refractivity contribution in [3.63, 3.8) is 0 Å². The lowest BCUT2D eigenvalue weighted by Crippen LogP contribution is -2.36. The molecule has 1 aromatic heterocycles. The van der Waals surface area contributed by atoms with Gasteiger partial charge >= 0.3 is 0 Å². The van der Waals surface area contributed by atoms with Crippen molar-refractivity contribution < 1.29 is 12.8 Å². The van der Waals surface area contributed by atoms with Crippen molar-refractivity contribution in [2.75, 3.05) is 19.6 Å². The topological polar surface area (TPSA) is 62.6 Å². The summed E-state index contributed by atoms with van der Waals surface area (Å²) in [4.78, 5) is 2.60. The number of rotatable bonds is 8. The van der Waals surface area contributed by atoms with Gasteiger partial charge in [-0.15, -0.1) is 0 Å². The van der Waals surface area contributed by atoms with E-state index in [0.29, 0.717) is 11.4 Å². The Hall–Kier alpha value is -1.63. The van der Waals surface area contributed by atoms with Gasteiger partial charge in [-0.05, 0) is 62.2 Å². The van der Waals surface area contributed by atoms with Gasteiger partial charge in [-0.3, -0.25) is 4.90 Å². The molecule has 2 aromatic rings. The van der Waals surface area contributed by atoms with Crippen molar-refractivity contribution in [3.8, 4) is 0 Å². The SMILES string of the molecule is CCCc1ccc(S(=O)(=O)NCC(c2ccco2)N2CCCC2)cc1. The Labute approximate surface area is 150 Å². The summed E-state index contributed by atoms with van der Waals surface area (Å²) < 4.78 is 33.6. The van der Waals surface area contributed by atoms with E-state index < -0.39 is 10.0 Å². The van der Waals surface area contributed by atoms with Gasteiger partial charge in [0.2, 0.25) is 10.0 Å². The molecule has 1 aliphatic heterocycles. The Morgan fingerprint density at radius 1 is 1.16 bits per heavy atom. The molecule has 1 N–H and O–H groups in total. The number of benzene rings is 1. The summed E-state index contributed by atoms with van der Waals surface area (Å²) in [6.45, 7) is 4.36. The minimum atomic E-state index is -3.53. The Morgan fingerprint density at radius 2 is 1.88 bits per heavy atom. The predicted molar refractivity (Wildman–Crippen MR) is 97.9 cm³/mol. The van der Waals surface area contributed by atoms with Crippen LogP contribution >= 0.6 is 0 Å². The molecule has 136 valence electrons. The highest BCUT2D eigenvalue weighted by atomic mass is 32.2. The molecule has 1 fully saturated rings. The van der Waals surface area contributed by atoms with Gasteiger partial charge in [-0.25, -0.2) is 13.1 Å². The molecule has 1 aliphatic rings. The molecule has 6 heteroatoms. The van der Waals surface area contributed by atoms with Crippen LogP contribution in [-0.2, 0) is 16.4 Å². The fraction of sp³-hybridized carbons (Fsp3) is 0.474. The van der Waals surface area contributed by atoms with Crippen LogP contribution in [0.2, 0.25) is 0 Å². The van der Waals surface area contributed by atoms with E-state index in [1.807, 2.05) is 24.3 Å². The van der Waals surface area contributed by atoms with Crippen molar-refractivity contribution in [2.45, 2.75) is 43.5 Å². The van der Waals surface area contributed by atoms with Crippen molar-refractivity contribution in [1.29, 1.82) is 0 Å². The lowest BCUT2D eigenvalue weighted by Gasteiger charge is -2.26. The van der Waals surface area contributed by atoms with Crippen LogP contribution in [0, 0.1) is 0 Å². The maximum Gasteiger partial charge on any atom is 0.240 e. The number of hydrogen-bond acceptors (Lipinski definition) is 4. The van der Waals surface area contributed by atoms with Crippen LogP contribution < -0.4 is 4.72 Å². The Kier molecular flexibility index (Phi) is 5.93. The van der Waals surface area contributed by atoms with Gasteiger partial charge in [0.25, 0.3) is 0 Å². The molecule has 0 amide bonds. The minimum absolute atomic E-state index is 0.0633. The maximum absolute atomic E-state index is 12.6. The van der Waals surface area contributed by atoms with Crippen LogP contribution in [0.3, 0.4) is 0 Å². The van der Waals surface area contributed by atoms with E-state index in [2.05, 4.69) is 16.5 Å². The van der Waals surface area contributed by atoms with Crippen LogP contribution in [0.4, 0.5) is 0 Å². The lowest BCUT2D eigenvalue weighted by atomic mass is 10.1. The minimum Gasteiger partial charge on any atom is -0.468 e. The zero-order chi connectivity index (χ0) is 17.7. The Balaban J connectivity index is 1.70. The summed E-state index contributed by atoms with van der Waals surface area (Å²) in [5, 5.41) is 0. The third-order valence-electron chi connectivity index (χ3n) is 4.69. The first-order chi connectivity index (χ1) is 12.1. The lowest BCUT2D eigenvalue weighted by molar-refractivity contribution is 0.216. The van der Waals surface area contributed by atoms with E-state index in [-0.39, 0.29) is 6.04 Å². The average molecular weight is 362 g/mol. The molecule has 0 aliphatic carbocycles. The van der Waals surface area contributed by atoms with Crippen LogP contribution in [0.1, 0.15) is 43.6 Å². The third kappa shape index (κ3) is 4.51. The predicted octanol–water partition coefficient (Wildman–Crippen LogP) is 3.35. The molecule has 2 heterocycles. The first kappa shape index (κ1) is 18.2. The van der Waals surface area contributed by atoms with Gasteiger partial charge in [0.15, 0.2) is 0 Å². The van der Waals surface area contributed by atoms with Crippen molar-refractivity contribution in [3.05, 3.63) is 54.0 Å². The first-order valence-corrected chi connectivity index (χ1v) is 10.4. The number of nitrogens with one attached hydrogen (secondary N) is 1. The summed E-state index contributed by atoms with van der Waals surface area (Å²) >= 11 is 0. The van der Waals surface area contributed by atoms with Gasteiger partial charge in [0, 0.05) is 6.54 Å². The number of sulfonamides is 1. The van der Waals surface area contributed by atoms with Crippen molar-refractivity contribution in [2.24, 2.45) is 0 Å². The van der Waals surface area contributed by atoms with Gasteiger partial charge in [0.1, 0.15) is 5.76 Å². The summed E-state index contributed by atoms with van der Waals surface area (Å²) in [5.41, 5.74) is 1.16. The summed E-state index contributed by atoms with van der Waals surface area (Å²) in [5.74, 6) is 0.808. The van der Waals surface area contributed by atoms with Gasteiger partial charge in [0.05, 0.1) is 17.2 Å². The van der Waals surface area contributed by atoms with E-state index in [9.17, 15) is 8.42 Å². The highest BCUT2D eigenvalue weighted by molar-refractivity contribution is 7.89. The number of likely N-dealkylation sites (tertiary alicyclic amines) is 1. The normalized spacial score (nSPS) is 17.0. The van der Waals surface area contributed by atoms with Crippen LogP contribution in [0.5, 0.6) is 0 Å². The zero-order valence-electron chi connectivity index (χ0n) is 14.6. The van der Waals surface area contributed by atoms with Crippen LogP contribution in [-0.4, -0.2) is 33.0 Å². The van der Waals surface area contributed by atoms with Crippen molar-refractivity contribution in [1.82, 2.24) is 9.62 Å². The number of nitrogens with zero attached hydrogens (tertiary/aromatic N) is 1. The van der Waals surface area contributed by atoms with Crippen LogP contribution in [0.15, 0.2) is 52.0 Å². The molecule has 1 aromatic carbocycles. The van der Waals surface area contributed by atoms with Crippen molar-refractivity contribution >= 4 is 10.0 Å². The number of furan rings is 1. The van der Waals surface area contributed by atoms with E-state index in [0.717, 1.165) is 50.1 Å². The highest BCUT2D eigenvalue weighted by Crippen LogP contribution is 2.25. The summed E-state index contributed by atoms with van der Waals surface area (Å²) in [6, 6.07) is 10.9. The number of hydrogen-bond donors (Lipinski definition) is 1. The van der Waals surface area contributed by atoms with E-state index in [4.69, 9.17) is 4.42 Å². The van der Waals surface area contributed by atoms with Gasteiger partial charge in [-0.2, -0.15) is 0 Å². The van der Waals surface area contributed by atoms with E-state index in [1.165, 1.54) is 0 Å². The third-order valence-corrected chi connectivity index (χ3v) is 6.13. The first-order valence-electron chi connectivity index (χ1n) is 8.96. The highest BCUT2D eigenvalue weighted by Gasteiger charge is 2.27. The average Bonchev–Trinajstić information content (AvgIpc) is 3.30. The molecular weight excluding hydrogens is 336 g/mol. The summed E-state index contributed by atoms with van der Waals surface area (Å²) in [6.07, 6.45) is 5.93. The van der Waals surface area contributed by atoms with E-state index >= 15 is 0 Å². The second kappa shape index (κ2) is 8.17. The molecule has 1 saturated heterocycles. The second-order valence-corrected chi connectivity index (χ2v) is 8.29. The molecule has 0 radical (unpaired) electrons. The summed E-state index contributed by atoms with van der Waals surface area (Å²) in [7, 11) is -3.53. The molecule has 0 bridgehead atoms. The quantitative estimate of drug-likeness (QED) is 0.782. The Morgan fingerprint density at radius 3 is 2.48 bits per heavy atom. The fourth-order valence-corrected chi connectivity index (χ4v) is 4.38. The molecule has 0 saturated carbocycles. The largest absolute Gasteiger partial charge is 0.468 e. The Bertz CT molecular complexity index is 748. The zero-order valence-corrected chi connectivity index (χ0v) is 15.5. The van der Waals surface area contributed by atoms with Crippen LogP contribution in [0.25, 0.3) is 0 Å². The molecule has 5 nitrogen and oxygen atoms in total. The maximum atomic E-state index is 12.6. The van der Waals surface area contributed by atoms with Gasteiger partial charge in [-0.1, -0.05) is 25.5 Å².